The lowest BCUT2D eigenvalue weighted by molar-refractivity contribution is 0.0950. The molecule has 0 radical (unpaired) electrons. The van der Waals surface area contributed by atoms with Crippen LogP contribution in [0.2, 0.25) is 0 Å². The fraction of sp³-hybridized carbons (Fsp3) is 0.200. The SMILES string of the molecule is CCNC(=O)c1ncc(-c2ccccc2)cc1C. The molecular formula is C15H16N2O. The number of hydrogen-bond donors (Lipinski definition) is 1. The second-order valence-corrected chi connectivity index (χ2v) is 4.11. The van der Waals surface area contributed by atoms with Crippen LogP contribution < -0.4 is 5.32 Å². The van der Waals surface area contributed by atoms with Crippen molar-refractivity contribution in [3.63, 3.8) is 0 Å². The third kappa shape index (κ3) is 2.56. The summed E-state index contributed by atoms with van der Waals surface area (Å²) in [7, 11) is 0. The topological polar surface area (TPSA) is 42.0 Å². The second-order valence-electron chi connectivity index (χ2n) is 4.11. The van der Waals surface area contributed by atoms with Gasteiger partial charge in [0.1, 0.15) is 5.69 Å². The van der Waals surface area contributed by atoms with Gasteiger partial charge in [0.25, 0.3) is 5.91 Å². The van der Waals surface area contributed by atoms with Crippen LogP contribution in [-0.4, -0.2) is 17.4 Å². The van der Waals surface area contributed by atoms with E-state index in [1.165, 1.54) is 0 Å². The van der Waals surface area contributed by atoms with Crippen molar-refractivity contribution >= 4 is 5.91 Å². The van der Waals surface area contributed by atoms with Gasteiger partial charge in [-0.1, -0.05) is 30.3 Å². The third-order valence-corrected chi connectivity index (χ3v) is 2.74. The van der Waals surface area contributed by atoms with Crippen LogP contribution in [-0.2, 0) is 0 Å². The highest BCUT2D eigenvalue weighted by atomic mass is 16.1. The molecular weight excluding hydrogens is 224 g/mol. The lowest BCUT2D eigenvalue weighted by Crippen LogP contribution is -2.24. The Bertz CT molecular complexity index is 550. The highest BCUT2D eigenvalue weighted by Gasteiger charge is 2.10. The number of rotatable bonds is 3. The number of carbonyl (C=O) groups excluding carboxylic acids is 1. The first kappa shape index (κ1) is 12.3. The van der Waals surface area contributed by atoms with Crippen molar-refractivity contribution in [1.29, 1.82) is 0 Å². The fourth-order valence-corrected chi connectivity index (χ4v) is 1.85. The first-order chi connectivity index (χ1) is 8.72. The molecule has 3 heteroatoms. The lowest BCUT2D eigenvalue weighted by atomic mass is 10.0. The number of benzene rings is 1. The summed E-state index contributed by atoms with van der Waals surface area (Å²) < 4.78 is 0. The summed E-state index contributed by atoms with van der Waals surface area (Å²) in [6, 6.07) is 12.0. The van der Waals surface area contributed by atoms with Crippen LogP contribution in [0.15, 0.2) is 42.6 Å². The second kappa shape index (κ2) is 5.45. The van der Waals surface area contributed by atoms with Crippen molar-refractivity contribution in [2.24, 2.45) is 0 Å². The van der Waals surface area contributed by atoms with Crippen molar-refractivity contribution in [3.05, 3.63) is 53.9 Å². The molecule has 2 rings (SSSR count). The minimum Gasteiger partial charge on any atom is -0.351 e. The molecule has 0 atom stereocenters. The van der Waals surface area contributed by atoms with Crippen LogP contribution >= 0.6 is 0 Å². The van der Waals surface area contributed by atoms with Crippen LogP contribution in [0.25, 0.3) is 11.1 Å². The molecule has 1 aromatic heterocycles. The number of nitrogens with one attached hydrogen (secondary N) is 1. The van der Waals surface area contributed by atoms with E-state index in [1.54, 1.807) is 6.20 Å². The van der Waals surface area contributed by atoms with Gasteiger partial charge >= 0.3 is 0 Å². The highest BCUT2D eigenvalue weighted by Crippen LogP contribution is 2.20. The number of hydrogen-bond acceptors (Lipinski definition) is 2. The van der Waals surface area contributed by atoms with Gasteiger partial charge in [0.05, 0.1) is 0 Å². The Morgan fingerprint density at radius 3 is 2.56 bits per heavy atom. The minimum absolute atomic E-state index is 0.116. The molecule has 92 valence electrons. The van der Waals surface area contributed by atoms with E-state index in [4.69, 9.17) is 0 Å². The van der Waals surface area contributed by atoms with Crippen LogP contribution in [0.1, 0.15) is 23.0 Å². The fourth-order valence-electron chi connectivity index (χ4n) is 1.85. The lowest BCUT2D eigenvalue weighted by Gasteiger charge is -2.07. The van der Waals surface area contributed by atoms with Gasteiger partial charge < -0.3 is 5.32 Å². The minimum atomic E-state index is -0.116. The van der Waals surface area contributed by atoms with Gasteiger partial charge in [-0.3, -0.25) is 9.78 Å². The molecule has 1 amide bonds. The number of aromatic nitrogens is 1. The zero-order valence-electron chi connectivity index (χ0n) is 10.6. The van der Waals surface area contributed by atoms with Gasteiger partial charge in [0, 0.05) is 18.3 Å². The molecule has 0 saturated carbocycles. The van der Waals surface area contributed by atoms with E-state index in [1.807, 2.05) is 50.2 Å². The Morgan fingerprint density at radius 2 is 1.94 bits per heavy atom. The predicted octanol–water partition coefficient (Wildman–Crippen LogP) is 2.81. The molecule has 1 aromatic carbocycles. The van der Waals surface area contributed by atoms with Crippen LogP contribution in [0.4, 0.5) is 0 Å². The van der Waals surface area contributed by atoms with E-state index in [-0.39, 0.29) is 5.91 Å². The highest BCUT2D eigenvalue weighted by molar-refractivity contribution is 5.94. The summed E-state index contributed by atoms with van der Waals surface area (Å²) in [6.45, 7) is 4.41. The molecule has 2 aromatic rings. The molecule has 0 saturated heterocycles. The summed E-state index contributed by atoms with van der Waals surface area (Å²) in [5.41, 5.74) is 3.52. The van der Waals surface area contributed by atoms with Gasteiger partial charge in [-0.25, -0.2) is 0 Å². The van der Waals surface area contributed by atoms with Gasteiger partial charge in [-0.2, -0.15) is 0 Å². The molecule has 0 fully saturated rings. The smallest absolute Gasteiger partial charge is 0.270 e. The summed E-state index contributed by atoms with van der Waals surface area (Å²) in [5.74, 6) is -0.116. The number of carbonyl (C=O) groups is 1. The zero-order valence-corrected chi connectivity index (χ0v) is 10.6. The molecule has 1 heterocycles. The van der Waals surface area contributed by atoms with E-state index in [2.05, 4.69) is 10.3 Å². The van der Waals surface area contributed by atoms with Crippen molar-refractivity contribution < 1.29 is 4.79 Å². The van der Waals surface area contributed by atoms with Crippen molar-refractivity contribution in [3.8, 4) is 11.1 Å². The molecule has 3 nitrogen and oxygen atoms in total. The average Bonchev–Trinajstić information content (AvgIpc) is 2.40. The summed E-state index contributed by atoms with van der Waals surface area (Å²) >= 11 is 0. The molecule has 0 aliphatic heterocycles. The van der Waals surface area contributed by atoms with E-state index in [0.29, 0.717) is 12.2 Å². The van der Waals surface area contributed by atoms with E-state index in [9.17, 15) is 4.79 Å². The predicted molar refractivity (Wildman–Crippen MR) is 72.4 cm³/mol. The van der Waals surface area contributed by atoms with Crippen LogP contribution in [0.5, 0.6) is 0 Å². The maximum atomic E-state index is 11.7. The Hall–Kier alpha value is -2.16. The first-order valence-corrected chi connectivity index (χ1v) is 6.02. The van der Waals surface area contributed by atoms with Crippen molar-refractivity contribution in [2.75, 3.05) is 6.54 Å². The maximum Gasteiger partial charge on any atom is 0.270 e. The van der Waals surface area contributed by atoms with Gasteiger partial charge in [0.2, 0.25) is 0 Å². The average molecular weight is 240 g/mol. The number of nitrogens with zero attached hydrogens (tertiary/aromatic N) is 1. The zero-order chi connectivity index (χ0) is 13.0. The van der Waals surface area contributed by atoms with Crippen LogP contribution in [0.3, 0.4) is 0 Å². The Kier molecular flexibility index (Phi) is 3.72. The summed E-state index contributed by atoms with van der Waals surface area (Å²) in [6.07, 6.45) is 1.74. The van der Waals surface area contributed by atoms with Crippen molar-refractivity contribution in [2.45, 2.75) is 13.8 Å². The standard InChI is InChI=1S/C15H16N2O/c1-3-16-15(18)14-11(2)9-13(10-17-14)12-7-5-4-6-8-12/h4-10H,3H2,1-2H3,(H,16,18). The molecule has 0 bridgehead atoms. The quantitative estimate of drug-likeness (QED) is 0.896. The first-order valence-electron chi connectivity index (χ1n) is 6.02. The molecule has 0 aliphatic carbocycles. The van der Waals surface area contributed by atoms with E-state index in [0.717, 1.165) is 16.7 Å². The molecule has 0 aliphatic rings. The monoisotopic (exact) mass is 240 g/mol. The van der Waals surface area contributed by atoms with Crippen molar-refractivity contribution in [1.82, 2.24) is 10.3 Å². The van der Waals surface area contributed by atoms with Gasteiger partial charge in [-0.05, 0) is 31.0 Å². The van der Waals surface area contributed by atoms with Gasteiger partial charge in [0.15, 0.2) is 0 Å². The Labute approximate surface area is 107 Å². The molecule has 1 N–H and O–H groups in total. The Balaban J connectivity index is 2.34. The largest absolute Gasteiger partial charge is 0.351 e. The normalized spacial score (nSPS) is 10.1. The summed E-state index contributed by atoms with van der Waals surface area (Å²) in [4.78, 5) is 16.0. The third-order valence-electron chi connectivity index (χ3n) is 2.74. The Morgan fingerprint density at radius 1 is 1.22 bits per heavy atom. The maximum absolute atomic E-state index is 11.7. The van der Waals surface area contributed by atoms with Gasteiger partial charge in [-0.15, -0.1) is 0 Å². The number of aryl methyl sites for hydroxylation is 1. The van der Waals surface area contributed by atoms with E-state index >= 15 is 0 Å². The summed E-state index contributed by atoms with van der Waals surface area (Å²) in [5, 5.41) is 2.76. The molecule has 0 unspecified atom stereocenters. The number of amides is 1. The molecule has 18 heavy (non-hydrogen) atoms. The van der Waals surface area contributed by atoms with E-state index < -0.39 is 0 Å². The number of pyridine rings is 1. The van der Waals surface area contributed by atoms with Crippen LogP contribution in [0, 0.1) is 6.92 Å². The molecule has 0 spiro atoms.